The lowest BCUT2D eigenvalue weighted by Gasteiger charge is -2.16. The normalized spacial score (nSPS) is 13.6. The van der Waals surface area contributed by atoms with Crippen LogP contribution in [0.1, 0.15) is 32.0 Å². The molecule has 0 unspecified atom stereocenters. The number of nitrogens with zero attached hydrogens (tertiary/aromatic N) is 2. The highest BCUT2D eigenvalue weighted by Gasteiger charge is 2.23. The zero-order chi connectivity index (χ0) is 18.0. The van der Waals surface area contributed by atoms with Crippen molar-refractivity contribution in [1.29, 1.82) is 0 Å². The van der Waals surface area contributed by atoms with Gasteiger partial charge < -0.3 is 20.6 Å². The fourth-order valence-corrected chi connectivity index (χ4v) is 2.78. The molecule has 128 valence electrons. The van der Waals surface area contributed by atoms with Crippen LogP contribution in [-0.2, 0) is 0 Å². The predicted molar refractivity (Wildman–Crippen MR) is 93.6 cm³/mol. The monoisotopic (exact) mass is 338 g/mol. The third-order valence-corrected chi connectivity index (χ3v) is 4.00. The molecule has 0 fully saturated rings. The first-order valence-corrected chi connectivity index (χ1v) is 7.72. The van der Waals surface area contributed by atoms with E-state index in [0.717, 1.165) is 17.0 Å². The molecule has 1 aliphatic heterocycles. The van der Waals surface area contributed by atoms with Crippen molar-refractivity contribution in [3.63, 3.8) is 0 Å². The molecule has 0 spiro atoms. The number of carboxylic acids is 1. The molecule has 0 saturated carbocycles. The minimum atomic E-state index is -1.00. The van der Waals surface area contributed by atoms with Crippen molar-refractivity contribution >= 4 is 23.3 Å². The Bertz CT molecular complexity index is 876. The molecule has 7 heteroatoms. The summed E-state index contributed by atoms with van der Waals surface area (Å²) >= 11 is 0. The van der Waals surface area contributed by atoms with Gasteiger partial charge in [-0.05, 0) is 24.3 Å². The number of carboxylic acid groups (broad SMARTS) is 1. The predicted octanol–water partition coefficient (Wildman–Crippen LogP) is 1.46. The molecular weight excluding hydrogens is 320 g/mol. The third kappa shape index (κ3) is 3.16. The number of rotatable bonds is 4. The number of hydrogen-bond donors (Lipinski definition) is 3. The first-order valence-electron chi connectivity index (χ1n) is 7.72. The smallest absolute Gasteiger partial charge is 0.335 e. The van der Waals surface area contributed by atoms with E-state index in [1.807, 2.05) is 24.1 Å². The zero-order valence-corrected chi connectivity index (χ0v) is 13.9. The minimum absolute atomic E-state index is 0.163. The number of pyridine rings is 1. The van der Waals surface area contributed by atoms with E-state index in [2.05, 4.69) is 15.6 Å². The number of aromatic carboxylic acids is 1. The van der Waals surface area contributed by atoms with Crippen LogP contribution >= 0.6 is 0 Å². The van der Waals surface area contributed by atoms with Crippen LogP contribution in [0.3, 0.4) is 0 Å². The number of aromatic nitrogens is 1. The van der Waals surface area contributed by atoms with Crippen LogP contribution < -0.4 is 10.6 Å². The van der Waals surface area contributed by atoms with Gasteiger partial charge in [0, 0.05) is 31.4 Å². The summed E-state index contributed by atoms with van der Waals surface area (Å²) < 4.78 is 0. The lowest BCUT2D eigenvalue weighted by atomic mass is 10.0. The summed E-state index contributed by atoms with van der Waals surface area (Å²) in [7, 11) is 3.51. The van der Waals surface area contributed by atoms with E-state index in [4.69, 9.17) is 0 Å². The van der Waals surface area contributed by atoms with Crippen molar-refractivity contribution in [2.24, 2.45) is 0 Å². The van der Waals surface area contributed by atoms with Crippen molar-refractivity contribution in [2.75, 3.05) is 20.8 Å². The number of benzene rings is 1. The Labute approximate surface area is 145 Å². The first kappa shape index (κ1) is 16.5. The number of carbonyl (C=O) groups excluding carboxylic acids is 1. The maximum Gasteiger partial charge on any atom is 0.335 e. The number of hydrogen-bond acceptors (Lipinski definition) is 5. The van der Waals surface area contributed by atoms with Gasteiger partial charge in [-0.1, -0.05) is 12.1 Å². The van der Waals surface area contributed by atoms with Gasteiger partial charge in [0.25, 0.3) is 5.91 Å². The lowest BCUT2D eigenvalue weighted by Crippen LogP contribution is -2.19. The topological polar surface area (TPSA) is 94.6 Å². The maximum atomic E-state index is 11.9. The van der Waals surface area contributed by atoms with Crippen LogP contribution in [0.15, 0.2) is 42.6 Å². The maximum absolute atomic E-state index is 11.9. The highest BCUT2D eigenvalue weighted by molar-refractivity contribution is 5.97. The van der Waals surface area contributed by atoms with E-state index >= 15 is 0 Å². The average Bonchev–Trinajstić information content (AvgIpc) is 3.02. The summed E-state index contributed by atoms with van der Waals surface area (Å²) in [5.74, 6) is -1.16. The molecule has 1 amide bonds. The van der Waals surface area contributed by atoms with E-state index in [-0.39, 0.29) is 11.5 Å². The number of nitrogens with one attached hydrogen (secondary N) is 2. The molecule has 2 aromatic rings. The van der Waals surface area contributed by atoms with Gasteiger partial charge in [0.1, 0.15) is 0 Å². The molecule has 0 atom stereocenters. The Morgan fingerprint density at radius 1 is 1.24 bits per heavy atom. The molecule has 0 bridgehead atoms. The first-order chi connectivity index (χ1) is 12.0. The molecule has 0 radical (unpaired) electrons. The quantitative estimate of drug-likeness (QED) is 0.781. The number of carbonyl (C=O) groups is 2. The van der Waals surface area contributed by atoms with Gasteiger partial charge in [0.05, 0.1) is 29.3 Å². The fraction of sp³-hybridized carbons (Fsp3) is 0.167. The summed E-state index contributed by atoms with van der Waals surface area (Å²) in [6.07, 6.45) is 1.48. The van der Waals surface area contributed by atoms with Crippen molar-refractivity contribution in [2.45, 2.75) is 0 Å². The van der Waals surface area contributed by atoms with Gasteiger partial charge in [-0.3, -0.25) is 9.78 Å². The summed E-state index contributed by atoms with van der Waals surface area (Å²) in [4.78, 5) is 29.4. The second-order valence-electron chi connectivity index (χ2n) is 5.65. The summed E-state index contributed by atoms with van der Waals surface area (Å²) in [6.45, 7) is 0.563. The Morgan fingerprint density at radius 3 is 2.76 bits per heavy atom. The van der Waals surface area contributed by atoms with Gasteiger partial charge in [-0.25, -0.2) is 4.79 Å². The Kier molecular flexibility index (Phi) is 4.38. The molecule has 1 aromatic heterocycles. The van der Waals surface area contributed by atoms with Crippen LogP contribution in [-0.4, -0.2) is 47.6 Å². The van der Waals surface area contributed by atoms with Crippen LogP contribution in [0, 0.1) is 0 Å². The highest BCUT2D eigenvalue weighted by atomic mass is 16.4. The summed E-state index contributed by atoms with van der Waals surface area (Å²) in [6, 6.07) is 10.3. The van der Waals surface area contributed by atoms with Gasteiger partial charge in [0.2, 0.25) is 0 Å². The second kappa shape index (κ2) is 6.64. The fourth-order valence-electron chi connectivity index (χ4n) is 2.78. The zero-order valence-electron chi connectivity index (χ0n) is 13.9. The number of amides is 1. The Hall–Kier alpha value is -3.35. The molecule has 7 nitrogen and oxygen atoms in total. The van der Waals surface area contributed by atoms with Gasteiger partial charge >= 0.3 is 5.97 Å². The Balaban J connectivity index is 2.11. The van der Waals surface area contributed by atoms with Crippen molar-refractivity contribution in [3.05, 3.63) is 65.0 Å². The van der Waals surface area contributed by atoms with E-state index in [1.165, 1.54) is 18.3 Å². The van der Waals surface area contributed by atoms with Gasteiger partial charge in [-0.15, -0.1) is 0 Å². The van der Waals surface area contributed by atoms with Gasteiger partial charge in [0.15, 0.2) is 0 Å². The van der Waals surface area contributed by atoms with E-state index in [1.54, 1.807) is 19.2 Å². The Morgan fingerprint density at radius 2 is 2.04 bits per heavy atom. The summed E-state index contributed by atoms with van der Waals surface area (Å²) in [5, 5.41) is 15.1. The van der Waals surface area contributed by atoms with Crippen LogP contribution in [0.5, 0.6) is 0 Å². The second-order valence-corrected chi connectivity index (χ2v) is 5.65. The van der Waals surface area contributed by atoms with E-state index < -0.39 is 5.97 Å². The lowest BCUT2D eigenvalue weighted by molar-refractivity contribution is 0.0696. The van der Waals surface area contributed by atoms with Crippen LogP contribution in [0.4, 0.5) is 0 Å². The highest BCUT2D eigenvalue weighted by Crippen LogP contribution is 2.30. The average molecular weight is 338 g/mol. The van der Waals surface area contributed by atoms with E-state index in [9.17, 15) is 14.7 Å². The SMILES string of the molecule is CNC(=O)c1cccc(C2=C(c3cc(C(=O)O)ccn3)NCN2C)c1. The molecule has 1 aromatic carbocycles. The molecule has 3 N–H and O–H groups in total. The standard InChI is InChI=1S/C18H18N4O3/c1-19-17(23)12-5-3-4-11(8-12)16-15(21-10-22(16)2)14-9-13(18(24)25)6-7-20-14/h3-9,21H,10H2,1-2H3,(H,19,23)(H,24,25). The summed E-state index contributed by atoms with van der Waals surface area (Å²) in [5.41, 5.74) is 3.72. The van der Waals surface area contributed by atoms with Crippen LogP contribution in [0.2, 0.25) is 0 Å². The largest absolute Gasteiger partial charge is 0.478 e. The molecule has 25 heavy (non-hydrogen) atoms. The third-order valence-electron chi connectivity index (χ3n) is 4.00. The van der Waals surface area contributed by atoms with Crippen molar-refractivity contribution < 1.29 is 14.7 Å². The minimum Gasteiger partial charge on any atom is -0.478 e. The van der Waals surface area contributed by atoms with Crippen LogP contribution in [0.25, 0.3) is 11.4 Å². The van der Waals surface area contributed by atoms with Gasteiger partial charge in [-0.2, -0.15) is 0 Å². The van der Waals surface area contributed by atoms with Crippen molar-refractivity contribution in [1.82, 2.24) is 20.5 Å². The molecule has 2 heterocycles. The molecule has 0 aliphatic carbocycles. The molecule has 3 rings (SSSR count). The molecule has 1 aliphatic rings. The van der Waals surface area contributed by atoms with Crippen molar-refractivity contribution in [3.8, 4) is 0 Å². The molecular formula is C18H18N4O3. The molecule has 0 saturated heterocycles. The van der Waals surface area contributed by atoms with E-state index in [0.29, 0.717) is 17.9 Å².